The van der Waals surface area contributed by atoms with Gasteiger partial charge in [0, 0.05) is 38.2 Å². The number of hydrogen-bond acceptors (Lipinski definition) is 5. The van der Waals surface area contributed by atoms with Gasteiger partial charge in [-0.2, -0.15) is 0 Å². The van der Waals surface area contributed by atoms with Crippen molar-refractivity contribution < 1.29 is 13.9 Å². The fourth-order valence-corrected chi connectivity index (χ4v) is 3.34. The number of methoxy groups -OCH3 is 1. The number of benzene rings is 2. The molecule has 8 nitrogen and oxygen atoms in total. The summed E-state index contributed by atoms with van der Waals surface area (Å²) in [6, 6.07) is 12.9. The molecular formula is C22H22N4O4. The maximum absolute atomic E-state index is 12.4. The number of carbonyl (C=O) groups is 1. The minimum atomic E-state index is -0.153. The summed E-state index contributed by atoms with van der Waals surface area (Å²) in [6.45, 7) is 0. The maximum atomic E-state index is 12.4. The number of aryl methyl sites for hydroxylation is 3. The SMILES string of the molecule is COc1ccc(-c2cnc(CCC(=O)Nc3ccc4c(c3)n(C)c(=O)n4C)o2)cc1. The minimum absolute atomic E-state index is 0.106. The first-order valence-corrected chi connectivity index (χ1v) is 9.50. The number of amides is 1. The first-order valence-electron chi connectivity index (χ1n) is 9.50. The van der Waals surface area contributed by atoms with Crippen molar-refractivity contribution in [2.24, 2.45) is 14.1 Å². The maximum Gasteiger partial charge on any atom is 0.328 e. The number of nitrogens with one attached hydrogen (secondary N) is 1. The van der Waals surface area contributed by atoms with Crippen molar-refractivity contribution >= 4 is 22.6 Å². The third-order valence-electron chi connectivity index (χ3n) is 5.05. The molecule has 154 valence electrons. The Bertz CT molecular complexity index is 1260. The van der Waals surface area contributed by atoms with Crippen molar-refractivity contribution in [1.82, 2.24) is 14.1 Å². The Balaban J connectivity index is 1.39. The van der Waals surface area contributed by atoms with E-state index in [2.05, 4.69) is 10.3 Å². The van der Waals surface area contributed by atoms with Crippen LogP contribution in [0.3, 0.4) is 0 Å². The monoisotopic (exact) mass is 406 g/mol. The molecule has 0 bridgehead atoms. The van der Waals surface area contributed by atoms with E-state index in [1.54, 1.807) is 48.7 Å². The second-order valence-corrected chi connectivity index (χ2v) is 7.00. The number of carbonyl (C=O) groups excluding carboxylic acids is 1. The molecule has 0 aliphatic carbocycles. The summed E-state index contributed by atoms with van der Waals surface area (Å²) in [5.41, 5.74) is 2.99. The zero-order chi connectivity index (χ0) is 21.3. The van der Waals surface area contributed by atoms with Crippen LogP contribution in [-0.2, 0) is 25.3 Å². The molecule has 2 heterocycles. The van der Waals surface area contributed by atoms with Gasteiger partial charge in [0.15, 0.2) is 11.7 Å². The van der Waals surface area contributed by atoms with E-state index in [-0.39, 0.29) is 18.0 Å². The van der Waals surface area contributed by atoms with Crippen LogP contribution in [0.1, 0.15) is 12.3 Å². The highest BCUT2D eigenvalue weighted by atomic mass is 16.5. The minimum Gasteiger partial charge on any atom is -0.497 e. The fourth-order valence-electron chi connectivity index (χ4n) is 3.34. The van der Waals surface area contributed by atoms with E-state index >= 15 is 0 Å². The first-order chi connectivity index (χ1) is 14.5. The van der Waals surface area contributed by atoms with E-state index in [4.69, 9.17) is 9.15 Å². The lowest BCUT2D eigenvalue weighted by Crippen LogP contribution is -2.19. The predicted octanol–water partition coefficient (Wildman–Crippen LogP) is 3.11. The first kappa shape index (κ1) is 19.5. The average Bonchev–Trinajstić information content (AvgIpc) is 3.32. The van der Waals surface area contributed by atoms with Crippen molar-refractivity contribution in [3.05, 3.63) is 65.0 Å². The van der Waals surface area contributed by atoms with Gasteiger partial charge in [0.05, 0.1) is 24.3 Å². The van der Waals surface area contributed by atoms with E-state index in [0.29, 0.717) is 23.8 Å². The Labute approximate surface area is 172 Å². The van der Waals surface area contributed by atoms with Gasteiger partial charge in [0.25, 0.3) is 0 Å². The number of ether oxygens (including phenoxy) is 1. The van der Waals surface area contributed by atoms with Crippen LogP contribution in [0, 0.1) is 0 Å². The van der Waals surface area contributed by atoms with E-state index in [1.807, 2.05) is 30.3 Å². The summed E-state index contributed by atoms with van der Waals surface area (Å²) < 4.78 is 14.0. The molecule has 0 unspecified atom stereocenters. The second-order valence-electron chi connectivity index (χ2n) is 7.00. The molecule has 0 spiro atoms. The second kappa shape index (κ2) is 7.90. The molecule has 8 heteroatoms. The molecule has 0 saturated carbocycles. The number of imidazole rings is 1. The zero-order valence-electron chi connectivity index (χ0n) is 17.0. The highest BCUT2D eigenvalue weighted by Gasteiger charge is 2.12. The number of anilines is 1. The largest absolute Gasteiger partial charge is 0.497 e. The molecule has 0 radical (unpaired) electrons. The van der Waals surface area contributed by atoms with E-state index in [1.165, 1.54) is 0 Å². The van der Waals surface area contributed by atoms with Gasteiger partial charge < -0.3 is 14.5 Å². The quantitative estimate of drug-likeness (QED) is 0.531. The Kier molecular flexibility index (Phi) is 5.14. The topological polar surface area (TPSA) is 91.3 Å². The molecule has 0 atom stereocenters. The van der Waals surface area contributed by atoms with Gasteiger partial charge in [0.2, 0.25) is 5.91 Å². The number of aromatic nitrogens is 3. The molecule has 4 rings (SSSR count). The van der Waals surface area contributed by atoms with Crippen molar-refractivity contribution in [3.63, 3.8) is 0 Å². The molecule has 1 amide bonds. The molecule has 4 aromatic rings. The van der Waals surface area contributed by atoms with Gasteiger partial charge >= 0.3 is 5.69 Å². The third-order valence-corrected chi connectivity index (χ3v) is 5.05. The van der Waals surface area contributed by atoms with E-state index in [0.717, 1.165) is 22.3 Å². The van der Waals surface area contributed by atoms with Crippen LogP contribution in [0.5, 0.6) is 5.75 Å². The van der Waals surface area contributed by atoms with Gasteiger partial charge in [-0.1, -0.05) is 0 Å². The average molecular weight is 406 g/mol. The summed E-state index contributed by atoms with van der Waals surface area (Å²) in [4.78, 5) is 28.7. The number of rotatable bonds is 6. The van der Waals surface area contributed by atoms with Crippen LogP contribution in [0.2, 0.25) is 0 Å². The zero-order valence-corrected chi connectivity index (χ0v) is 17.0. The molecule has 0 fully saturated rings. The van der Waals surface area contributed by atoms with Crippen molar-refractivity contribution in [1.29, 1.82) is 0 Å². The normalized spacial score (nSPS) is 11.0. The Hall–Kier alpha value is -3.81. The molecule has 2 aromatic carbocycles. The molecule has 0 aliphatic rings. The van der Waals surface area contributed by atoms with Gasteiger partial charge in [-0.3, -0.25) is 13.9 Å². The fraction of sp³-hybridized carbons (Fsp3) is 0.227. The van der Waals surface area contributed by atoms with Crippen LogP contribution in [0.15, 0.2) is 57.9 Å². The van der Waals surface area contributed by atoms with Crippen LogP contribution >= 0.6 is 0 Å². The van der Waals surface area contributed by atoms with Crippen LogP contribution in [0.4, 0.5) is 5.69 Å². The highest BCUT2D eigenvalue weighted by molar-refractivity contribution is 5.93. The van der Waals surface area contributed by atoms with Crippen molar-refractivity contribution in [2.45, 2.75) is 12.8 Å². The lowest BCUT2D eigenvalue weighted by atomic mass is 10.2. The smallest absolute Gasteiger partial charge is 0.328 e. The van der Waals surface area contributed by atoms with Crippen LogP contribution in [0.25, 0.3) is 22.4 Å². The molecule has 0 aliphatic heterocycles. The van der Waals surface area contributed by atoms with Crippen molar-refractivity contribution in [3.8, 4) is 17.1 Å². The number of nitrogens with zero attached hydrogens (tertiary/aromatic N) is 3. The lowest BCUT2D eigenvalue weighted by Gasteiger charge is -2.05. The molecular weight excluding hydrogens is 384 g/mol. The van der Waals surface area contributed by atoms with Gasteiger partial charge in [0.1, 0.15) is 5.75 Å². The molecule has 30 heavy (non-hydrogen) atoms. The number of oxazole rings is 1. The molecule has 0 saturated heterocycles. The summed E-state index contributed by atoms with van der Waals surface area (Å²) >= 11 is 0. The standard InChI is InChI=1S/C22H22N4O4/c1-25-17-9-6-15(12-18(17)26(2)22(25)28)24-20(27)10-11-21-23-13-19(30-21)14-4-7-16(29-3)8-5-14/h4-9,12-13H,10-11H2,1-3H3,(H,24,27). The Morgan fingerprint density at radius 2 is 1.83 bits per heavy atom. The highest BCUT2D eigenvalue weighted by Crippen LogP contribution is 2.23. The number of fused-ring (bicyclic) bond motifs is 1. The van der Waals surface area contributed by atoms with Crippen LogP contribution < -0.4 is 15.7 Å². The van der Waals surface area contributed by atoms with Gasteiger partial charge in [-0.05, 0) is 42.5 Å². The summed E-state index contributed by atoms with van der Waals surface area (Å²) in [5.74, 6) is 1.75. The van der Waals surface area contributed by atoms with Crippen molar-refractivity contribution in [2.75, 3.05) is 12.4 Å². The summed E-state index contributed by atoms with van der Waals surface area (Å²) in [7, 11) is 5.05. The number of hydrogen-bond donors (Lipinski definition) is 1. The Morgan fingerprint density at radius 1 is 1.10 bits per heavy atom. The van der Waals surface area contributed by atoms with E-state index in [9.17, 15) is 9.59 Å². The lowest BCUT2D eigenvalue weighted by molar-refractivity contribution is -0.116. The molecule has 2 aromatic heterocycles. The predicted molar refractivity (Wildman–Crippen MR) is 114 cm³/mol. The van der Waals surface area contributed by atoms with Crippen LogP contribution in [-0.4, -0.2) is 27.1 Å². The summed E-state index contributed by atoms with van der Waals surface area (Å²) in [6.07, 6.45) is 2.27. The van der Waals surface area contributed by atoms with Gasteiger partial charge in [-0.25, -0.2) is 9.78 Å². The van der Waals surface area contributed by atoms with Gasteiger partial charge in [-0.15, -0.1) is 0 Å². The third kappa shape index (κ3) is 3.71. The molecule has 1 N–H and O–H groups in total. The Morgan fingerprint density at radius 3 is 2.57 bits per heavy atom. The summed E-state index contributed by atoms with van der Waals surface area (Å²) in [5, 5.41) is 2.86. The van der Waals surface area contributed by atoms with E-state index < -0.39 is 0 Å².